The van der Waals surface area contributed by atoms with Crippen molar-refractivity contribution < 1.29 is 9.53 Å². The number of hydrogen-bond donors (Lipinski definition) is 2. The minimum absolute atomic E-state index is 0.181. The predicted octanol–water partition coefficient (Wildman–Crippen LogP) is 5.16. The van der Waals surface area contributed by atoms with Crippen molar-refractivity contribution in [3.63, 3.8) is 0 Å². The summed E-state index contributed by atoms with van der Waals surface area (Å²) in [6.45, 7) is 3.63. The van der Waals surface area contributed by atoms with E-state index in [1.807, 2.05) is 32.0 Å². The molecule has 6 nitrogen and oxygen atoms in total. The van der Waals surface area contributed by atoms with Crippen molar-refractivity contribution in [3.05, 3.63) is 70.0 Å². The van der Waals surface area contributed by atoms with E-state index in [0.717, 1.165) is 17.1 Å². The molecule has 0 unspecified atom stereocenters. The molecule has 0 spiro atoms. The van der Waals surface area contributed by atoms with Gasteiger partial charge in [-0.1, -0.05) is 29.3 Å². The second kappa shape index (κ2) is 8.91. The summed E-state index contributed by atoms with van der Waals surface area (Å²) in [5.74, 6) is 0.580. The lowest BCUT2D eigenvalue weighted by molar-refractivity contribution is -0.118. The Balaban J connectivity index is 1.61. The molecule has 1 heterocycles. The maximum Gasteiger partial charge on any atom is 0.262 e. The predicted molar refractivity (Wildman–Crippen MR) is 112 cm³/mol. The first-order chi connectivity index (χ1) is 13.4. The smallest absolute Gasteiger partial charge is 0.262 e. The van der Waals surface area contributed by atoms with Crippen molar-refractivity contribution in [1.29, 1.82) is 0 Å². The highest BCUT2D eigenvalue weighted by atomic mass is 35.5. The van der Waals surface area contributed by atoms with Gasteiger partial charge in [0.2, 0.25) is 5.95 Å². The number of anilines is 3. The van der Waals surface area contributed by atoms with Gasteiger partial charge in [-0.2, -0.15) is 0 Å². The maximum atomic E-state index is 12.2. The van der Waals surface area contributed by atoms with Gasteiger partial charge in [0, 0.05) is 27.8 Å². The molecule has 0 atom stereocenters. The van der Waals surface area contributed by atoms with Gasteiger partial charge >= 0.3 is 0 Å². The molecule has 0 radical (unpaired) electrons. The fraction of sp³-hybridized carbons (Fsp3) is 0.150. The molecule has 0 saturated heterocycles. The Labute approximate surface area is 172 Å². The van der Waals surface area contributed by atoms with Crippen LogP contribution >= 0.6 is 23.2 Å². The normalized spacial score (nSPS) is 10.4. The minimum atomic E-state index is -0.314. The number of amides is 1. The molecule has 0 bridgehead atoms. The zero-order valence-corrected chi connectivity index (χ0v) is 16.8. The fourth-order valence-corrected chi connectivity index (χ4v) is 2.98. The lowest BCUT2D eigenvalue weighted by atomic mass is 10.2. The summed E-state index contributed by atoms with van der Waals surface area (Å²) in [4.78, 5) is 20.9. The van der Waals surface area contributed by atoms with Gasteiger partial charge in [-0.05, 0) is 56.3 Å². The minimum Gasteiger partial charge on any atom is -0.482 e. The second-order valence-corrected chi connectivity index (χ2v) is 6.94. The van der Waals surface area contributed by atoms with Crippen LogP contribution in [0, 0.1) is 13.8 Å². The van der Waals surface area contributed by atoms with E-state index in [4.69, 9.17) is 27.9 Å². The molecule has 1 amide bonds. The second-order valence-electron chi connectivity index (χ2n) is 6.09. The summed E-state index contributed by atoms with van der Waals surface area (Å²) in [5.41, 5.74) is 3.12. The molecule has 8 heteroatoms. The van der Waals surface area contributed by atoms with Crippen molar-refractivity contribution in [3.8, 4) is 5.75 Å². The van der Waals surface area contributed by atoms with Gasteiger partial charge < -0.3 is 15.4 Å². The van der Waals surface area contributed by atoms with Crippen LogP contribution < -0.4 is 15.4 Å². The molecule has 0 aliphatic heterocycles. The van der Waals surface area contributed by atoms with Crippen molar-refractivity contribution in [2.45, 2.75) is 13.8 Å². The number of hydrogen-bond acceptors (Lipinski definition) is 5. The van der Waals surface area contributed by atoms with Gasteiger partial charge in [-0.25, -0.2) is 9.97 Å². The van der Waals surface area contributed by atoms with E-state index in [-0.39, 0.29) is 12.5 Å². The number of carbonyl (C=O) groups is 1. The van der Waals surface area contributed by atoms with Crippen LogP contribution in [-0.2, 0) is 4.79 Å². The molecule has 0 aliphatic rings. The van der Waals surface area contributed by atoms with Gasteiger partial charge in [0.15, 0.2) is 6.61 Å². The summed E-state index contributed by atoms with van der Waals surface area (Å²) in [5, 5.41) is 6.76. The molecule has 0 aliphatic carbocycles. The van der Waals surface area contributed by atoms with E-state index in [2.05, 4.69) is 20.6 Å². The Hall–Kier alpha value is -2.83. The van der Waals surface area contributed by atoms with Crippen molar-refractivity contribution in [2.75, 3.05) is 17.2 Å². The van der Waals surface area contributed by atoms with E-state index in [1.54, 1.807) is 30.3 Å². The number of aromatic nitrogens is 2. The number of aryl methyl sites for hydroxylation is 2. The molecule has 2 N–H and O–H groups in total. The summed E-state index contributed by atoms with van der Waals surface area (Å²) in [6.07, 6.45) is 0. The van der Waals surface area contributed by atoms with Crippen LogP contribution in [0.15, 0.2) is 48.5 Å². The SMILES string of the molecule is Cc1cc(C)nc(Nc2cccc(NC(=O)COc3ccc(Cl)cc3Cl)c2)n1. The summed E-state index contributed by atoms with van der Waals surface area (Å²) >= 11 is 11.9. The van der Waals surface area contributed by atoms with Gasteiger partial charge in [-0.3, -0.25) is 4.79 Å². The number of nitrogens with zero attached hydrogens (tertiary/aromatic N) is 2. The van der Waals surface area contributed by atoms with E-state index in [0.29, 0.717) is 27.4 Å². The number of nitrogens with one attached hydrogen (secondary N) is 2. The molecule has 1 aromatic heterocycles. The first-order valence-corrected chi connectivity index (χ1v) is 9.22. The monoisotopic (exact) mass is 416 g/mol. The average molecular weight is 417 g/mol. The number of rotatable bonds is 6. The number of benzene rings is 2. The first kappa shape index (κ1) is 19.9. The van der Waals surface area contributed by atoms with E-state index < -0.39 is 0 Å². The Morgan fingerprint density at radius 1 is 1.00 bits per heavy atom. The molecule has 2 aromatic carbocycles. The Bertz CT molecular complexity index is 991. The highest BCUT2D eigenvalue weighted by molar-refractivity contribution is 6.35. The van der Waals surface area contributed by atoms with Crippen LogP contribution in [-0.4, -0.2) is 22.5 Å². The van der Waals surface area contributed by atoms with E-state index in [1.165, 1.54) is 0 Å². The number of halogens is 2. The zero-order chi connectivity index (χ0) is 20.1. The highest BCUT2D eigenvalue weighted by Gasteiger charge is 2.08. The first-order valence-electron chi connectivity index (χ1n) is 8.46. The van der Waals surface area contributed by atoms with Crippen LogP contribution in [0.5, 0.6) is 5.75 Å². The standard InChI is InChI=1S/C20H18Cl2N4O2/c1-12-8-13(2)24-20(23-12)26-16-5-3-4-15(10-16)25-19(27)11-28-18-7-6-14(21)9-17(18)22/h3-10H,11H2,1-2H3,(H,25,27)(H,23,24,26). The Kier molecular flexibility index (Phi) is 6.34. The number of carbonyl (C=O) groups excluding carboxylic acids is 1. The Morgan fingerprint density at radius 3 is 2.43 bits per heavy atom. The average Bonchev–Trinajstić information content (AvgIpc) is 2.60. The maximum absolute atomic E-state index is 12.2. The third kappa shape index (κ3) is 5.58. The highest BCUT2D eigenvalue weighted by Crippen LogP contribution is 2.27. The topological polar surface area (TPSA) is 76.1 Å². The van der Waals surface area contributed by atoms with Crippen LogP contribution in [0.4, 0.5) is 17.3 Å². The largest absolute Gasteiger partial charge is 0.482 e. The molecule has 144 valence electrons. The molecular formula is C20H18Cl2N4O2. The van der Waals surface area contributed by atoms with Crippen molar-refractivity contribution in [1.82, 2.24) is 9.97 Å². The Morgan fingerprint density at radius 2 is 1.71 bits per heavy atom. The lowest BCUT2D eigenvalue weighted by Crippen LogP contribution is -2.20. The summed E-state index contributed by atoms with van der Waals surface area (Å²) in [6, 6.07) is 14.0. The van der Waals surface area contributed by atoms with Crippen LogP contribution in [0.2, 0.25) is 10.0 Å². The summed E-state index contributed by atoms with van der Waals surface area (Å²) < 4.78 is 5.44. The zero-order valence-electron chi connectivity index (χ0n) is 15.3. The van der Waals surface area contributed by atoms with Crippen molar-refractivity contribution in [2.24, 2.45) is 0 Å². The van der Waals surface area contributed by atoms with E-state index in [9.17, 15) is 4.79 Å². The van der Waals surface area contributed by atoms with Gasteiger partial charge in [-0.15, -0.1) is 0 Å². The quantitative estimate of drug-likeness (QED) is 0.579. The molecule has 0 fully saturated rings. The third-order valence-corrected chi connectivity index (χ3v) is 4.17. The molecule has 28 heavy (non-hydrogen) atoms. The molecule has 3 rings (SSSR count). The fourth-order valence-electron chi connectivity index (χ4n) is 2.52. The number of ether oxygens (including phenoxy) is 1. The van der Waals surface area contributed by atoms with Gasteiger partial charge in [0.1, 0.15) is 5.75 Å². The molecule has 0 saturated carbocycles. The van der Waals surface area contributed by atoms with Gasteiger partial charge in [0.05, 0.1) is 5.02 Å². The van der Waals surface area contributed by atoms with Crippen LogP contribution in [0.1, 0.15) is 11.4 Å². The van der Waals surface area contributed by atoms with Gasteiger partial charge in [0.25, 0.3) is 5.91 Å². The lowest BCUT2D eigenvalue weighted by Gasteiger charge is -2.11. The van der Waals surface area contributed by atoms with Crippen molar-refractivity contribution >= 4 is 46.4 Å². The van der Waals surface area contributed by atoms with Crippen LogP contribution in [0.3, 0.4) is 0 Å². The molecular weight excluding hydrogens is 399 g/mol. The third-order valence-electron chi connectivity index (χ3n) is 3.64. The summed E-state index contributed by atoms with van der Waals surface area (Å²) in [7, 11) is 0. The van der Waals surface area contributed by atoms with Crippen LogP contribution in [0.25, 0.3) is 0 Å². The molecule has 3 aromatic rings. The van der Waals surface area contributed by atoms with E-state index >= 15 is 0 Å².